The van der Waals surface area contributed by atoms with E-state index in [0.717, 1.165) is 21.0 Å². The molecule has 0 unspecified atom stereocenters. The van der Waals surface area contributed by atoms with Crippen molar-refractivity contribution in [3.63, 3.8) is 0 Å². The van der Waals surface area contributed by atoms with Crippen molar-refractivity contribution in [1.82, 2.24) is 10.2 Å². The Labute approximate surface area is 230 Å². The molecule has 2 amide bonds. The lowest BCUT2D eigenvalue weighted by Gasteiger charge is -2.32. The number of carbonyl (C=O) groups excluding carboxylic acids is 2. The van der Waals surface area contributed by atoms with Gasteiger partial charge in [-0.15, -0.1) is 0 Å². The molecule has 0 saturated heterocycles. The van der Waals surface area contributed by atoms with Crippen LogP contribution in [0.1, 0.15) is 30.5 Å². The minimum Gasteiger partial charge on any atom is -0.355 e. The smallest absolute Gasteiger partial charge is 0.264 e. The van der Waals surface area contributed by atoms with Crippen LogP contribution in [0.15, 0.2) is 77.7 Å². The summed E-state index contributed by atoms with van der Waals surface area (Å²) in [6.45, 7) is 7.30. The fourth-order valence-electron chi connectivity index (χ4n) is 4.00. The number of halogens is 1. The molecule has 1 atom stereocenters. The second-order valence-corrected chi connectivity index (χ2v) is 11.4. The molecule has 1 N–H and O–H groups in total. The van der Waals surface area contributed by atoms with E-state index >= 15 is 0 Å². The lowest BCUT2D eigenvalue weighted by Crippen LogP contribution is -2.52. The molecule has 0 fully saturated rings. The quantitative estimate of drug-likeness (QED) is 0.370. The zero-order valence-electron chi connectivity index (χ0n) is 22.1. The number of hydrogen-bond donors (Lipinski definition) is 1. The fraction of sp³-hybridized carbons (Fsp3) is 0.310. The third-order valence-corrected chi connectivity index (χ3v) is 8.53. The number of sulfonamides is 1. The molecule has 0 aromatic heterocycles. The van der Waals surface area contributed by atoms with Gasteiger partial charge in [-0.1, -0.05) is 65.7 Å². The first-order valence-corrected chi connectivity index (χ1v) is 14.3. The Morgan fingerprint density at radius 2 is 1.63 bits per heavy atom. The van der Waals surface area contributed by atoms with E-state index in [1.54, 1.807) is 38.1 Å². The van der Waals surface area contributed by atoms with E-state index in [1.807, 2.05) is 44.2 Å². The van der Waals surface area contributed by atoms with Gasteiger partial charge >= 0.3 is 0 Å². The largest absolute Gasteiger partial charge is 0.355 e. The summed E-state index contributed by atoms with van der Waals surface area (Å²) < 4.78 is 28.7. The van der Waals surface area contributed by atoms with Gasteiger partial charge < -0.3 is 10.2 Å². The van der Waals surface area contributed by atoms with Gasteiger partial charge in [0.1, 0.15) is 12.6 Å². The van der Waals surface area contributed by atoms with Gasteiger partial charge in [0.25, 0.3) is 10.0 Å². The van der Waals surface area contributed by atoms with E-state index in [4.69, 9.17) is 11.6 Å². The molecule has 3 aromatic rings. The molecule has 0 aliphatic heterocycles. The molecule has 202 valence electrons. The third kappa shape index (κ3) is 7.14. The minimum absolute atomic E-state index is 0.0557. The highest BCUT2D eigenvalue weighted by molar-refractivity contribution is 7.92. The van der Waals surface area contributed by atoms with Crippen molar-refractivity contribution in [3.8, 4) is 0 Å². The molecule has 9 heteroatoms. The molecule has 38 heavy (non-hydrogen) atoms. The minimum atomic E-state index is -4.13. The van der Waals surface area contributed by atoms with Crippen LogP contribution < -0.4 is 9.62 Å². The van der Waals surface area contributed by atoms with E-state index in [2.05, 4.69) is 5.32 Å². The summed E-state index contributed by atoms with van der Waals surface area (Å²) in [5.74, 6) is -0.799. The van der Waals surface area contributed by atoms with Crippen molar-refractivity contribution in [1.29, 1.82) is 0 Å². The molecule has 3 aromatic carbocycles. The van der Waals surface area contributed by atoms with Gasteiger partial charge in [-0.2, -0.15) is 0 Å². The Morgan fingerprint density at radius 3 is 2.24 bits per heavy atom. The summed E-state index contributed by atoms with van der Waals surface area (Å²) in [6, 6.07) is 20.1. The van der Waals surface area contributed by atoms with Gasteiger partial charge in [-0.25, -0.2) is 8.42 Å². The Morgan fingerprint density at radius 1 is 0.974 bits per heavy atom. The molecule has 0 bridgehead atoms. The molecule has 0 saturated carbocycles. The van der Waals surface area contributed by atoms with Crippen LogP contribution in [-0.2, 0) is 26.0 Å². The number of carbonyl (C=O) groups is 2. The van der Waals surface area contributed by atoms with Gasteiger partial charge in [0.15, 0.2) is 0 Å². The number of amides is 2. The summed E-state index contributed by atoms with van der Waals surface area (Å²) in [5, 5.41) is 3.14. The second kappa shape index (κ2) is 12.9. The number of aryl methyl sites for hydroxylation is 2. The average molecular weight is 556 g/mol. The predicted molar refractivity (Wildman–Crippen MR) is 152 cm³/mol. The zero-order chi connectivity index (χ0) is 27.9. The SMILES string of the molecule is CCNC(=O)[C@@H](C)N(CCc1ccccc1)C(=O)CN(c1ccc(C)c(Cl)c1)S(=O)(=O)c1ccc(C)cc1. The highest BCUT2D eigenvalue weighted by Gasteiger charge is 2.32. The van der Waals surface area contributed by atoms with Crippen molar-refractivity contribution in [2.75, 3.05) is 23.9 Å². The monoisotopic (exact) mass is 555 g/mol. The van der Waals surface area contributed by atoms with Crippen molar-refractivity contribution < 1.29 is 18.0 Å². The normalized spacial score (nSPS) is 12.0. The van der Waals surface area contributed by atoms with E-state index in [0.29, 0.717) is 18.0 Å². The van der Waals surface area contributed by atoms with Crippen LogP contribution in [0.5, 0.6) is 0 Å². The number of likely N-dealkylation sites (N-methyl/N-ethyl adjacent to an activating group) is 1. The molecular formula is C29H34ClN3O4S. The number of nitrogens with one attached hydrogen (secondary N) is 1. The number of anilines is 1. The van der Waals surface area contributed by atoms with Crippen LogP contribution in [0.4, 0.5) is 5.69 Å². The molecule has 0 aliphatic rings. The van der Waals surface area contributed by atoms with Crippen molar-refractivity contribution >= 4 is 39.1 Å². The molecule has 0 radical (unpaired) electrons. The maximum atomic E-state index is 13.8. The summed E-state index contributed by atoms with van der Waals surface area (Å²) in [4.78, 5) is 28.0. The number of hydrogen-bond acceptors (Lipinski definition) is 4. The van der Waals surface area contributed by atoms with E-state index < -0.39 is 28.5 Å². The highest BCUT2D eigenvalue weighted by Crippen LogP contribution is 2.28. The van der Waals surface area contributed by atoms with E-state index in [-0.39, 0.29) is 23.0 Å². The van der Waals surface area contributed by atoms with Crippen LogP contribution in [0.2, 0.25) is 5.02 Å². The summed E-state index contributed by atoms with van der Waals surface area (Å²) in [6.07, 6.45) is 0.511. The Balaban J connectivity index is 2.00. The average Bonchev–Trinajstić information content (AvgIpc) is 2.90. The maximum absolute atomic E-state index is 13.8. The number of nitrogens with zero attached hydrogens (tertiary/aromatic N) is 2. The summed E-state index contributed by atoms with van der Waals surface area (Å²) >= 11 is 6.35. The first kappa shape index (κ1) is 29.2. The third-order valence-electron chi connectivity index (χ3n) is 6.33. The molecule has 0 spiro atoms. The maximum Gasteiger partial charge on any atom is 0.264 e. The van der Waals surface area contributed by atoms with Gasteiger partial charge in [0, 0.05) is 18.1 Å². The van der Waals surface area contributed by atoms with Crippen molar-refractivity contribution in [3.05, 3.63) is 94.5 Å². The van der Waals surface area contributed by atoms with Crippen LogP contribution in [0, 0.1) is 13.8 Å². The lowest BCUT2D eigenvalue weighted by molar-refractivity contribution is -0.138. The zero-order valence-corrected chi connectivity index (χ0v) is 23.7. The topological polar surface area (TPSA) is 86.8 Å². The van der Waals surface area contributed by atoms with Crippen LogP contribution >= 0.6 is 11.6 Å². The van der Waals surface area contributed by atoms with E-state index in [1.165, 1.54) is 23.1 Å². The predicted octanol–water partition coefficient (Wildman–Crippen LogP) is 4.75. The Kier molecular flexibility index (Phi) is 9.94. The Bertz CT molecular complexity index is 1360. The van der Waals surface area contributed by atoms with Gasteiger partial charge in [-0.05, 0) is 69.5 Å². The van der Waals surface area contributed by atoms with Crippen LogP contribution in [-0.4, -0.2) is 50.8 Å². The summed E-state index contributed by atoms with van der Waals surface area (Å²) in [7, 11) is -4.13. The Hall–Kier alpha value is -3.36. The fourth-order valence-corrected chi connectivity index (χ4v) is 5.58. The first-order chi connectivity index (χ1) is 18.0. The lowest BCUT2D eigenvalue weighted by atomic mass is 10.1. The van der Waals surface area contributed by atoms with Crippen LogP contribution in [0.3, 0.4) is 0 Å². The standard InChI is InChI=1S/C29H34ClN3O4S/c1-5-31-29(35)23(4)32(18-17-24-9-7-6-8-10-24)28(34)20-33(25-14-13-22(3)27(30)19-25)38(36,37)26-15-11-21(2)12-16-26/h6-16,19,23H,5,17-18,20H2,1-4H3,(H,31,35)/t23-/m1/s1. The molecular weight excluding hydrogens is 522 g/mol. The molecule has 0 aliphatic carbocycles. The van der Waals surface area contributed by atoms with Crippen molar-refractivity contribution in [2.45, 2.75) is 45.1 Å². The van der Waals surface area contributed by atoms with Gasteiger partial charge in [0.05, 0.1) is 10.6 Å². The first-order valence-electron chi connectivity index (χ1n) is 12.5. The molecule has 0 heterocycles. The van der Waals surface area contributed by atoms with Gasteiger partial charge in [0.2, 0.25) is 11.8 Å². The number of rotatable bonds is 11. The number of benzene rings is 3. The van der Waals surface area contributed by atoms with E-state index in [9.17, 15) is 18.0 Å². The molecule has 3 rings (SSSR count). The van der Waals surface area contributed by atoms with Crippen molar-refractivity contribution in [2.24, 2.45) is 0 Å². The molecule has 7 nitrogen and oxygen atoms in total. The van der Waals surface area contributed by atoms with Gasteiger partial charge in [-0.3, -0.25) is 13.9 Å². The summed E-state index contributed by atoms with van der Waals surface area (Å²) in [5.41, 5.74) is 2.96. The second-order valence-electron chi connectivity index (χ2n) is 9.15. The van der Waals surface area contributed by atoms with Crippen LogP contribution in [0.25, 0.3) is 0 Å². The highest BCUT2D eigenvalue weighted by atomic mass is 35.5.